The summed E-state index contributed by atoms with van der Waals surface area (Å²) in [6, 6.07) is 17.9. The van der Waals surface area contributed by atoms with Gasteiger partial charge in [-0.2, -0.15) is 0 Å². The maximum absolute atomic E-state index is 12.9. The third-order valence-corrected chi connectivity index (χ3v) is 8.09. The smallest absolute Gasteiger partial charge is 0.123 e. The zero-order valence-corrected chi connectivity index (χ0v) is 16.4. The summed E-state index contributed by atoms with van der Waals surface area (Å²) in [6.07, 6.45) is 5.28. The van der Waals surface area contributed by atoms with Crippen LogP contribution in [0.1, 0.15) is 36.8 Å². The van der Waals surface area contributed by atoms with E-state index in [1.165, 1.54) is 55.1 Å². The summed E-state index contributed by atoms with van der Waals surface area (Å²) in [5, 5.41) is 1.54. The van der Waals surface area contributed by atoms with Gasteiger partial charge in [0.05, 0.1) is 8.80 Å². The minimum atomic E-state index is -0.397. The molecule has 3 heteroatoms. The third kappa shape index (κ3) is 5.55. The molecule has 0 unspecified atom stereocenters. The van der Waals surface area contributed by atoms with Crippen molar-refractivity contribution in [2.24, 2.45) is 5.92 Å². The van der Waals surface area contributed by atoms with Crippen LogP contribution in [-0.4, -0.2) is 22.5 Å². The molecule has 2 aromatic rings. The third-order valence-electron chi connectivity index (χ3n) is 5.16. The molecule has 1 saturated heterocycles. The molecule has 0 amide bonds. The van der Waals surface area contributed by atoms with Crippen LogP contribution < -0.4 is 5.19 Å². The normalized spacial score (nSPS) is 15.5. The van der Waals surface area contributed by atoms with Crippen LogP contribution in [0.3, 0.4) is 0 Å². The Kier molecular flexibility index (Phi) is 7.05. The lowest BCUT2D eigenvalue weighted by Gasteiger charge is -2.27. The van der Waals surface area contributed by atoms with Gasteiger partial charge in [-0.1, -0.05) is 54.1 Å². The van der Waals surface area contributed by atoms with E-state index in [1.807, 2.05) is 0 Å². The van der Waals surface area contributed by atoms with Gasteiger partial charge in [0.15, 0.2) is 0 Å². The van der Waals surface area contributed by atoms with Crippen molar-refractivity contribution >= 4 is 14.0 Å². The highest BCUT2D eigenvalue weighted by molar-refractivity contribution is 6.73. The molecule has 0 N–H and O–H groups in total. The largest absolute Gasteiger partial charge is 0.385 e. The van der Waals surface area contributed by atoms with E-state index in [9.17, 15) is 4.39 Å². The van der Waals surface area contributed by atoms with Gasteiger partial charge in [-0.05, 0) is 55.2 Å². The molecular formula is C23H26FOSi. The second-order valence-electron chi connectivity index (χ2n) is 7.02. The van der Waals surface area contributed by atoms with Crippen molar-refractivity contribution in [2.75, 3.05) is 13.7 Å². The number of halogens is 1. The second kappa shape index (κ2) is 9.71. The van der Waals surface area contributed by atoms with Gasteiger partial charge in [-0.25, -0.2) is 4.39 Å². The first-order chi connectivity index (χ1) is 12.7. The summed E-state index contributed by atoms with van der Waals surface area (Å²) >= 11 is 0. The zero-order valence-electron chi connectivity index (χ0n) is 15.4. The van der Waals surface area contributed by atoms with E-state index in [0.29, 0.717) is 0 Å². The molecule has 1 aliphatic heterocycles. The molecule has 1 nitrogen and oxygen atoms in total. The van der Waals surface area contributed by atoms with Gasteiger partial charge < -0.3 is 4.74 Å². The van der Waals surface area contributed by atoms with Crippen molar-refractivity contribution in [2.45, 2.75) is 37.8 Å². The van der Waals surface area contributed by atoms with Crippen LogP contribution in [0.2, 0.25) is 12.1 Å². The lowest BCUT2D eigenvalue weighted by molar-refractivity contribution is 0.185. The fraction of sp³-hybridized carbons (Fsp3) is 0.391. The Morgan fingerprint density at radius 3 is 2.12 bits per heavy atom. The van der Waals surface area contributed by atoms with Gasteiger partial charge in [0.1, 0.15) is 5.82 Å². The Hall–Kier alpha value is -1.89. The summed E-state index contributed by atoms with van der Waals surface area (Å²) < 4.78 is 18.1. The Labute approximate surface area is 158 Å². The van der Waals surface area contributed by atoms with Crippen LogP contribution in [0.25, 0.3) is 0 Å². The topological polar surface area (TPSA) is 9.23 Å². The first-order valence-corrected chi connectivity index (χ1v) is 11.4. The van der Waals surface area contributed by atoms with Gasteiger partial charge in [0.2, 0.25) is 0 Å². The molecule has 26 heavy (non-hydrogen) atoms. The first kappa shape index (κ1) is 18.9. The van der Waals surface area contributed by atoms with E-state index in [0.717, 1.165) is 23.7 Å². The predicted molar refractivity (Wildman–Crippen MR) is 108 cm³/mol. The fourth-order valence-electron chi connectivity index (χ4n) is 3.59. The van der Waals surface area contributed by atoms with E-state index >= 15 is 0 Å². The van der Waals surface area contributed by atoms with Crippen molar-refractivity contribution in [1.29, 1.82) is 0 Å². The predicted octanol–water partition coefficient (Wildman–Crippen LogP) is 4.76. The van der Waals surface area contributed by atoms with Crippen molar-refractivity contribution in [1.82, 2.24) is 0 Å². The number of benzene rings is 2. The van der Waals surface area contributed by atoms with E-state index in [2.05, 4.69) is 36.1 Å². The van der Waals surface area contributed by atoms with Gasteiger partial charge in [-0.15, -0.1) is 0 Å². The highest BCUT2D eigenvalue weighted by Crippen LogP contribution is 2.28. The minimum Gasteiger partial charge on any atom is -0.385 e. The molecule has 1 radical (unpaired) electrons. The molecule has 0 aromatic heterocycles. The van der Waals surface area contributed by atoms with Crippen LogP contribution in [0, 0.1) is 23.6 Å². The van der Waals surface area contributed by atoms with E-state index in [1.54, 1.807) is 19.2 Å². The first-order valence-electron chi connectivity index (χ1n) is 9.46. The quantitative estimate of drug-likeness (QED) is 0.421. The standard InChI is InChI=1S/C23H26FOSi/c1-25-16-2-3-19-14-17-26(18-15-19)23-12-8-21(9-13-23)5-4-20-6-10-22(24)11-7-20/h6-13,19H,2-3,14-18H2,1H3. The van der Waals surface area contributed by atoms with Crippen LogP contribution >= 0.6 is 0 Å². The number of hydrogen-bond donors (Lipinski definition) is 0. The molecule has 1 aliphatic rings. The molecule has 3 rings (SSSR count). The Balaban J connectivity index is 1.53. The number of hydrogen-bond acceptors (Lipinski definition) is 1. The maximum atomic E-state index is 12.9. The number of methoxy groups -OCH3 is 1. The van der Waals surface area contributed by atoms with Crippen molar-refractivity contribution in [3.05, 3.63) is 65.5 Å². The summed E-state index contributed by atoms with van der Waals surface area (Å²) in [7, 11) is 1.39. The molecule has 1 heterocycles. The summed E-state index contributed by atoms with van der Waals surface area (Å²) in [5.41, 5.74) is 1.86. The molecular weight excluding hydrogens is 339 g/mol. The Morgan fingerprint density at radius 2 is 1.54 bits per heavy atom. The highest BCUT2D eigenvalue weighted by atomic mass is 28.3. The molecule has 0 saturated carbocycles. The van der Waals surface area contributed by atoms with Gasteiger partial charge in [0, 0.05) is 24.8 Å². The highest BCUT2D eigenvalue weighted by Gasteiger charge is 2.23. The van der Waals surface area contributed by atoms with E-state index in [-0.39, 0.29) is 5.82 Å². The van der Waals surface area contributed by atoms with Gasteiger partial charge in [0.25, 0.3) is 0 Å². The maximum Gasteiger partial charge on any atom is 0.123 e. The van der Waals surface area contributed by atoms with Gasteiger partial charge in [-0.3, -0.25) is 0 Å². The van der Waals surface area contributed by atoms with E-state index in [4.69, 9.17) is 4.74 Å². The van der Waals surface area contributed by atoms with Crippen molar-refractivity contribution in [3.63, 3.8) is 0 Å². The number of ether oxygens (including phenoxy) is 1. The van der Waals surface area contributed by atoms with Crippen molar-refractivity contribution in [3.8, 4) is 11.8 Å². The molecule has 2 aromatic carbocycles. The summed E-state index contributed by atoms with van der Waals surface area (Å²) in [4.78, 5) is 0. The average molecular weight is 366 g/mol. The Bertz CT molecular complexity index is 735. The Morgan fingerprint density at radius 1 is 0.962 bits per heavy atom. The summed E-state index contributed by atoms with van der Waals surface area (Å²) in [6.45, 7) is 0.898. The SMILES string of the molecule is COCCCC1CC[Si](c2ccc(C#Cc3ccc(F)cc3)cc2)CC1. The van der Waals surface area contributed by atoms with Crippen LogP contribution in [0.4, 0.5) is 4.39 Å². The lowest BCUT2D eigenvalue weighted by Crippen LogP contribution is -2.33. The fourth-order valence-corrected chi connectivity index (χ4v) is 6.57. The molecule has 0 atom stereocenters. The molecule has 1 fully saturated rings. The molecule has 0 spiro atoms. The lowest BCUT2D eigenvalue weighted by atomic mass is 9.97. The molecule has 0 bridgehead atoms. The second-order valence-corrected chi connectivity index (χ2v) is 9.80. The average Bonchev–Trinajstić information content (AvgIpc) is 2.69. The van der Waals surface area contributed by atoms with Crippen LogP contribution in [-0.2, 0) is 4.74 Å². The van der Waals surface area contributed by atoms with Crippen LogP contribution in [0.5, 0.6) is 0 Å². The number of rotatable bonds is 5. The van der Waals surface area contributed by atoms with E-state index < -0.39 is 8.80 Å². The van der Waals surface area contributed by atoms with Gasteiger partial charge >= 0.3 is 0 Å². The minimum absolute atomic E-state index is 0.225. The molecule has 135 valence electrons. The molecule has 0 aliphatic carbocycles. The zero-order chi connectivity index (χ0) is 18.2. The summed E-state index contributed by atoms with van der Waals surface area (Å²) in [5.74, 6) is 6.95. The monoisotopic (exact) mass is 365 g/mol. The van der Waals surface area contributed by atoms with Crippen molar-refractivity contribution < 1.29 is 9.13 Å². The van der Waals surface area contributed by atoms with Crippen LogP contribution in [0.15, 0.2) is 48.5 Å².